The molecule has 0 unspecified atom stereocenters. The van der Waals surface area contributed by atoms with Crippen molar-refractivity contribution in [3.8, 4) is 0 Å². The maximum Gasteiger partial charge on any atom is 0.416 e. The standard InChI is InChI=1S/C17H17F3N4S/c1-11-5-6-21-15(7-11)23-16(25)22-13-9-24(10-13)14-4-2-3-12(8-14)17(18,19)20/h2-8,13H,9-10H2,1H3,(H2,21,22,23,25). The lowest BCUT2D eigenvalue weighted by Crippen LogP contribution is -2.60. The summed E-state index contributed by atoms with van der Waals surface area (Å²) in [5, 5.41) is 6.60. The van der Waals surface area contributed by atoms with Crippen LogP contribution in [0.3, 0.4) is 0 Å². The van der Waals surface area contributed by atoms with Gasteiger partial charge in [0.2, 0.25) is 0 Å². The van der Waals surface area contributed by atoms with Crippen LogP contribution in [0, 0.1) is 6.92 Å². The van der Waals surface area contributed by atoms with Crippen LogP contribution in [-0.4, -0.2) is 29.2 Å². The summed E-state index contributed by atoms with van der Waals surface area (Å²) in [5.74, 6) is 0.659. The molecule has 0 spiro atoms. The molecule has 0 amide bonds. The molecule has 3 rings (SSSR count). The van der Waals surface area contributed by atoms with Crippen molar-refractivity contribution in [3.05, 3.63) is 53.7 Å². The van der Waals surface area contributed by atoms with Gasteiger partial charge < -0.3 is 15.5 Å². The third kappa shape index (κ3) is 4.39. The van der Waals surface area contributed by atoms with Crippen molar-refractivity contribution >= 4 is 28.8 Å². The van der Waals surface area contributed by atoms with E-state index in [1.807, 2.05) is 24.0 Å². The van der Waals surface area contributed by atoms with Gasteiger partial charge >= 0.3 is 6.18 Å². The number of nitrogens with one attached hydrogen (secondary N) is 2. The van der Waals surface area contributed by atoms with Gasteiger partial charge in [-0.15, -0.1) is 0 Å². The van der Waals surface area contributed by atoms with E-state index in [1.165, 1.54) is 12.1 Å². The maximum atomic E-state index is 12.8. The smallest absolute Gasteiger partial charge is 0.367 e. The Morgan fingerprint density at radius 3 is 2.68 bits per heavy atom. The summed E-state index contributed by atoms with van der Waals surface area (Å²) in [4.78, 5) is 6.05. The van der Waals surface area contributed by atoms with Gasteiger partial charge in [-0.2, -0.15) is 13.2 Å². The quantitative estimate of drug-likeness (QED) is 0.813. The van der Waals surface area contributed by atoms with E-state index in [0.29, 0.717) is 29.7 Å². The highest BCUT2D eigenvalue weighted by Gasteiger charge is 2.33. The Labute approximate surface area is 149 Å². The fourth-order valence-electron chi connectivity index (χ4n) is 2.60. The molecule has 8 heteroatoms. The molecule has 0 aliphatic carbocycles. The number of hydrogen-bond donors (Lipinski definition) is 2. The van der Waals surface area contributed by atoms with E-state index < -0.39 is 11.7 Å². The zero-order chi connectivity index (χ0) is 18.0. The van der Waals surface area contributed by atoms with Crippen LogP contribution < -0.4 is 15.5 Å². The van der Waals surface area contributed by atoms with Crippen LogP contribution in [0.2, 0.25) is 0 Å². The van der Waals surface area contributed by atoms with Gasteiger partial charge in [0.1, 0.15) is 5.82 Å². The molecule has 0 saturated carbocycles. The summed E-state index contributed by atoms with van der Waals surface area (Å²) in [7, 11) is 0. The van der Waals surface area contributed by atoms with Crippen LogP contribution in [-0.2, 0) is 6.18 Å². The first-order chi connectivity index (χ1) is 11.8. The van der Waals surface area contributed by atoms with Crippen LogP contribution in [0.5, 0.6) is 0 Å². The Hall–Kier alpha value is -2.35. The second-order valence-corrected chi connectivity index (χ2v) is 6.38. The van der Waals surface area contributed by atoms with E-state index >= 15 is 0 Å². The fourth-order valence-corrected chi connectivity index (χ4v) is 2.87. The molecule has 1 aromatic heterocycles. The molecule has 1 fully saturated rings. The van der Waals surface area contributed by atoms with Gasteiger partial charge in [0.15, 0.2) is 5.11 Å². The molecule has 0 radical (unpaired) electrons. The highest BCUT2D eigenvalue weighted by atomic mass is 32.1. The first kappa shape index (κ1) is 17.5. The topological polar surface area (TPSA) is 40.2 Å². The SMILES string of the molecule is Cc1ccnc(NC(=S)NC2CN(c3cccc(C(F)(F)F)c3)C2)c1. The van der Waals surface area contributed by atoms with Gasteiger partial charge in [-0.3, -0.25) is 0 Å². The fraction of sp³-hybridized carbons (Fsp3) is 0.294. The minimum atomic E-state index is -4.33. The third-order valence-electron chi connectivity index (χ3n) is 3.91. The Bertz CT molecular complexity index is 772. The number of rotatable bonds is 3. The van der Waals surface area contributed by atoms with Crippen molar-refractivity contribution in [2.24, 2.45) is 0 Å². The van der Waals surface area contributed by atoms with E-state index in [2.05, 4.69) is 15.6 Å². The number of benzene rings is 1. The third-order valence-corrected chi connectivity index (χ3v) is 4.13. The number of aryl methyl sites for hydroxylation is 1. The number of aromatic nitrogens is 1. The normalized spacial score (nSPS) is 14.8. The molecule has 2 N–H and O–H groups in total. The molecule has 25 heavy (non-hydrogen) atoms. The second-order valence-electron chi connectivity index (χ2n) is 5.97. The van der Waals surface area contributed by atoms with Gasteiger partial charge in [0.05, 0.1) is 11.6 Å². The predicted molar refractivity (Wildman–Crippen MR) is 95.8 cm³/mol. The van der Waals surface area contributed by atoms with E-state index in [0.717, 1.165) is 11.6 Å². The summed E-state index contributed by atoms with van der Waals surface area (Å²) in [6, 6.07) is 9.20. The number of alkyl halides is 3. The molecule has 0 bridgehead atoms. The Morgan fingerprint density at radius 1 is 1.24 bits per heavy atom. The summed E-state index contributed by atoms with van der Waals surface area (Å²) in [6.45, 7) is 3.14. The number of anilines is 2. The second kappa shape index (κ2) is 6.87. The Balaban J connectivity index is 1.52. The van der Waals surface area contributed by atoms with Gasteiger partial charge in [-0.05, 0) is 55.0 Å². The van der Waals surface area contributed by atoms with Crippen molar-refractivity contribution in [2.75, 3.05) is 23.3 Å². The largest absolute Gasteiger partial charge is 0.416 e. The average molecular weight is 366 g/mol. The van der Waals surface area contributed by atoms with E-state index in [1.54, 1.807) is 12.3 Å². The predicted octanol–water partition coefficient (Wildman–Crippen LogP) is 3.58. The lowest BCUT2D eigenvalue weighted by Gasteiger charge is -2.42. The summed E-state index contributed by atoms with van der Waals surface area (Å²) in [6.07, 6.45) is -2.64. The molecule has 4 nitrogen and oxygen atoms in total. The monoisotopic (exact) mass is 366 g/mol. The highest BCUT2D eigenvalue weighted by molar-refractivity contribution is 7.80. The van der Waals surface area contributed by atoms with E-state index in [4.69, 9.17) is 12.2 Å². The van der Waals surface area contributed by atoms with Crippen molar-refractivity contribution in [1.82, 2.24) is 10.3 Å². The van der Waals surface area contributed by atoms with Crippen LogP contribution in [0.25, 0.3) is 0 Å². The molecule has 1 aliphatic heterocycles. The zero-order valence-electron chi connectivity index (χ0n) is 13.5. The van der Waals surface area contributed by atoms with Crippen molar-refractivity contribution in [1.29, 1.82) is 0 Å². The molecular weight excluding hydrogens is 349 g/mol. The van der Waals surface area contributed by atoms with Crippen molar-refractivity contribution in [2.45, 2.75) is 19.1 Å². The summed E-state index contributed by atoms with van der Waals surface area (Å²) >= 11 is 5.25. The number of hydrogen-bond acceptors (Lipinski definition) is 3. The molecule has 2 heterocycles. The first-order valence-corrected chi connectivity index (χ1v) is 8.14. The van der Waals surface area contributed by atoms with Gasteiger partial charge in [-0.1, -0.05) is 6.07 Å². The molecular formula is C17H17F3N4S. The molecule has 132 valence electrons. The van der Waals surface area contributed by atoms with Crippen LogP contribution >= 0.6 is 12.2 Å². The minimum absolute atomic E-state index is 0.0827. The average Bonchev–Trinajstić information content (AvgIpc) is 2.50. The molecule has 2 aromatic rings. The van der Waals surface area contributed by atoms with Gasteiger partial charge in [0, 0.05) is 25.0 Å². The number of halogens is 3. The molecule has 1 aliphatic rings. The van der Waals surface area contributed by atoms with Gasteiger partial charge in [-0.25, -0.2) is 4.98 Å². The molecule has 0 atom stereocenters. The number of pyridine rings is 1. The number of thiocarbonyl (C=S) groups is 1. The van der Waals surface area contributed by atoms with Crippen LogP contribution in [0.15, 0.2) is 42.6 Å². The minimum Gasteiger partial charge on any atom is -0.367 e. The van der Waals surface area contributed by atoms with Crippen molar-refractivity contribution < 1.29 is 13.2 Å². The number of nitrogens with zero attached hydrogens (tertiary/aromatic N) is 2. The Kier molecular flexibility index (Phi) is 4.80. The Morgan fingerprint density at radius 2 is 2.00 bits per heavy atom. The lowest BCUT2D eigenvalue weighted by atomic mass is 10.1. The summed E-state index contributed by atoms with van der Waals surface area (Å²) < 4.78 is 38.3. The van der Waals surface area contributed by atoms with Gasteiger partial charge in [0.25, 0.3) is 0 Å². The maximum absolute atomic E-state index is 12.8. The highest BCUT2D eigenvalue weighted by Crippen LogP contribution is 2.32. The summed E-state index contributed by atoms with van der Waals surface area (Å²) in [5.41, 5.74) is 0.996. The first-order valence-electron chi connectivity index (χ1n) is 7.73. The zero-order valence-corrected chi connectivity index (χ0v) is 14.3. The lowest BCUT2D eigenvalue weighted by molar-refractivity contribution is -0.137. The molecule has 1 saturated heterocycles. The van der Waals surface area contributed by atoms with E-state index in [-0.39, 0.29) is 6.04 Å². The van der Waals surface area contributed by atoms with Crippen LogP contribution in [0.1, 0.15) is 11.1 Å². The molecule has 1 aromatic carbocycles. The van der Waals surface area contributed by atoms with E-state index in [9.17, 15) is 13.2 Å². The van der Waals surface area contributed by atoms with Crippen LogP contribution in [0.4, 0.5) is 24.7 Å². The van der Waals surface area contributed by atoms with Crippen molar-refractivity contribution in [3.63, 3.8) is 0 Å².